The van der Waals surface area contributed by atoms with Gasteiger partial charge in [-0.3, -0.25) is 0 Å². The fourth-order valence-electron chi connectivity index (χ4n) is 3.30. The third kappa shape index (κ3) is 4.19. The lowest BCUT2D eigenvalue weighted by molar-refractivity contribution is -0.186. The van der Waals surface area contributed by atoms with Gasteiger partial charge in [-0.25, -0.2) is 4.39 Å². The molecule has 0 spiro atoms. The van der Waals surface area contributed by atoms with Gasteiger partial charge in [-0.15, -0.1) is 0 Å². The van der Waals surface area contributed by atoms with E-state index in [1.165, 1.54) is 12.1 Å². The molecule has 0 radical (unpaired) electrons. The maximum Gasteiger partial charge on any atom is 0.391 e. The van der Waals surface area contributed by atoms with E-state index in [2.05, 4.69) is 5.32 Å². The topological polar surface area (TPSA) is 12.0 Å². The summed E-state index contributed by atoms with van der Waals surface area (Å²) in [5.74, 6) is -1.68. The molecular weight excluding hydrogens is 282 g/mol. The monoisotopic (exact) mass is 303 g/mol. The minimum atomic E-state index is -4.13. The highest BCUT2D eigenvalue weighted by Gasteiger charge is 2.43. The summed E-state index contributed by atoms with van der Waals surface area (Å²) in [6, 6.07) is 5.96. The number of hydrogen-bond acceptors (Lipinski definition) is 1. The molecular formula is C16H21F4N. The van der Waals surface area contributed by atoms with E-state index in [1.54, 1.807) is 12.1 Å². The summed E-state index contributed by atoms with van der Waals surface area (Å²) in [5.41, 5.74) is 0.740. The second kappa shape index (κ2) is 6.77. The van der Waals surface area contributed by atoms with Gasteiger partial charge in [0.2, 0.25) is 0 Å². The molecule has 2 rings (SSSR count). The van der Waals surface area contributed by atoms with Crippen LogP contribution in [0.5, 0.6) is 0 Å². The van der Waals surface area contributed by atoms with Gasteiger partial charge >= 0.3 is 6.18 Å². The quantitative estimate of drug-likeness (QED) is 0.784. The molecule has 1 aliphatic rings. The van der Waals surface area contributed by atoms with Crippen molar-refractivity contribution in [2.24, 2.45) is 11.8 Å². The van der Waals surface area contributed by atoms with Crippen LogP contribution in [0.2, 0.25) is 0 Å². The molecule has 0 amide bonds. The molecule has 0 heterocycles. The molecule has 0 bridgehead atoms. The predicted octanol–water partition coefficient (Wildman–Crippen LogP) is 4.85. The standard InChI is InChI=1S/C16H21F4N/c1-2-21-15(12-6-4-8-14(17)10-12)11-5-3-7-13(9-11)16(18,19)20/h4,6,8,10-11,13,15,21H,2-3,5,7,9H2,1H3. The van der Waals surface area contributed by atoms with E-state index >= 15 is 0 Å². The van der Waals surface area contributed by atoms with Crippen molar-refractivity contribution in [1.82, 2.24) is 5.32 Å². The van der Waals surface area contributed by atoms with Crippen LogP contribution in [0.4, 0.5) is 17.6 Å². The molecule has 1 nitrogen and oxygen atoms in total. The molecule has 1 saturated carbocycles. The average molecular weight is 303 g/mol. The molecule has 1 N–H and O–H groups in total. The summed E-state index contributed by atoms with van der Waals surface area (Å²) in [4.78, 5) is 0. The summed E-state index contributed by atoms with van der Waals surface area (Å²) in [6.07, 6.45) is -2.47. The Hall–Kier alpha value is -1.10. The summed E-state index contributed by atoms with van der Waals surface area (Å²) < 4.78 is 52.2. The maximum absolute atomic E-state index is 13.4. The van der Waals surface area contributed by atoms with E-state index in [4.69, 9.17) is 0 Å². The molecule has 118 valence electrons. The van der Waals surface area contributed by atoms with Crippen molar-refractivity contribution in [3.63, 3.8) is 0 Å². The summed E-state index contributed by atoms with van der Waals surface area (Å²) in [6.45, 7) is 2.56. The van der Waals surface area contributed by atoms with Gasteiger partial charge in [0.05, 0.1) is 5.92 Å². The average Bonchev–Trinajstić information content (AvgIpc) is 2.44. The molecule has 1 aromatic carbocycles. The van der Waals surface area contributed by atoms with Crippen molar-refractivity contribution >= 4 is 0 Å². The van der Waals surface area contributed by atoms with Crippen molar-refractivity contribution in [3.8, 4) is 0 Å². The summed E-state index contributed by atoms with van der Waals surface area (Å²) >= 11 is 0. The highest BCUT2D eigenvalue weighted by molar-refractivity contribution is 5.21. The first-order valence-electron chi connectivity index (χ1n) is 7.47. The van der Waals surface area contributed by atoms with Crippen LogP contribution < -0.4 is 5.32 Å². The molecule has 0 aromatic heterocycles. The van der Waals surface area contributed by atoms with Crippen LogP contribution in [0.1, 0.15) is 44.2 Å². The number of alkyl halides is 3. The summed E-state index contributed by atoms with van der Waals surface area (Å²) in [7, 11) is 0. The summed E-state index contributed by atoms with van der Waals surface area (Å²) in [5, 5.41) is 3.23. The second-order valence-corrected chi connectivity index (χ2v) is 5.76. The van der Waals surface area contributed by atoms with Crippen LogP contribution in [0.3, 0.4) is 0 Å². The molecule has 1 aliphatic carbocycles. The minimum Gasteiger partial charge on any atom is -0.310 e. The third-order valence-corrected chi connectivity index (χ3v) is 4.28. The van der Waals surface area contributed by atoms with Gasteiger partial charge in [0, 0.05) is 6.04 Å². The molecule has 1 aromatic rings. The van der Waals surface area contributed by atoms with E-state index in [9.17, 15) is 17.6 Å². The van der Waals surface area contributed by atoms with Crippen LogP contribution in [0, 0.1) is 17.7 Å². The lowest BCUT2D eigenvalue weighted by atomic mass is 9.75. The Labute approximate surface area is 122 Å². The van der Waals surface area contributed by atoms with Crippen molar-refractivity contribution in [1.29, 1.82) is 0 Å². The number of nitrogens with one attached hydrogen (secondary N) is 1. The highest BCUT2D eigenvalue weighted by Crippen LogP contribution is 2.43. The van der Waals surface area contributed by atoms with Crippen molar-refractivity contribution in [2.75, 3.05) is 6.54 Å². The molecule has 21 heavy (non-hydrogen) atoms. The Morgan fingerprint density at radius 1 is 1.29 bits per heavy atom. The Morgan fingerprint density at radius 3 is 2.67 bits per heavy atom. The van der Waals surface area contributed by atoms with Gasteiger partial charge in [0.1, 0.15) is 5.82 Å². The SMILES string of the molecule is CCNC(c1cccc(F)c1)C1CCCC(C(F)(F)F)C1. The molecule has 3 unspecified atom stereocenters. The molecule has 0 aliphatic heterocycles. The van der Waals surface area contributed by atoms with E-state index in [0.29, 0.717) is 13.0 Å². The van der Waals surface area contributed by atoms with E-state index in [1.807, 2.05) is 6.92 Å². The smallest absolute Gasteiger partial charge is 0.310 e. The Morgan fingerprint density at radius 2 is 2.05 bits per heavy atom. The first kappa shape index (κ1) is 16.3. The van der Waals surface area contributed by atoms with Gasteiger partial charge in [0.15, 0.2) is 0 Å². The minimum absolute atomic E-state index is 0.105. The number of halogens is 4. The Balaban J connectivity index is 2.18. The highest BCUT2D eigenvalue weighted by atomic mass is 19.4. The zero-order chi connectivity index (χ0) is 15.5. The first-order valence-corrected chi connectivity index (χ1v) is 7.47. The van der Waals surface area contributed by atoms with Crippen LogP contribution in [-0.2, 0) is 0 Å². The van der Waals surface area contributed by atoms with Gasteiger partial charge in [0.25, 0.3) is 0 Å². The lowest BCUT2D eigenvalue weighted by Gasteiger charge is -2.36. The van der Waals surface area contributed by atoms with Crippen molar-refractivity contribution in [2.45, 2.75) is 44.8 Å². The van der Waals surface area contributed by atoms with E-state index in [-0.39, 0.29) is 30.6 Å². The third-order valence-electron chi connectivity index (χ3n) is 4.28. The fourth-order valence-corrected chi connectivity index (χ4v) is 3.30. The van der Waals surface area contributed by atoms with Gasteiger partial charge in [-0.05, 0) is 49.4 Å². The molecule has 3 atom stereocenters. The van der Waals surface area contributed by atoms with Gasteiger partial charge in [-0.2, -0.15) is 13.2 Å². The van der Waals surface area contributed by atoms with Crippen LogP contribution in [0.15, 0.2) is 24.3 Å². The normalized spacial score (nSPS) is 24.8. The van der Waals surface area contributed by atoms with Gasteiger partial charge < -0.3 is 5.32 Å². The van der Waals surface area contributed by atoms with Crippen LogP contribution in [-0.4, -0.2) is 12.7 Å². The van der Waals surface area contributed by atoms with Crippen LogP contribution >= 0.6 is 0 Å². The van der Waals surface area contributed by atoms with E-state index < -0.39 is 12.1 Å². The molecule has 0 saturated heterocycles. The van der Waals surface area contributed by atoms with Crippen LogP contribution in [0.25, 0.3) is 0 Å². The number of hydrogen-bond donors (Lipinski definition) is 1. The van der Waals surface area contributed by atoms with Gasteiger partial charge in [-0.1, -0.05) is 25.5 Å². The van der Waals surface area contributed by atoms with Crippen molar-refractivity contribution in [3.05, 3.63) is 35.6 Å². The maximum atomic E-state index is 13.4. The van der Waals surface area contributed by atoms with E-state index in [0.717, 1.165) is 12.0 Å². The second-order valence-electron chi connectivity index (χ2n) is 5.76. The number of benzene rings is 1. The zero-order valence-corrected chi connectivity index (χ0v) is 12.1. The predicted molar refractivity (Wildman–Crippen MR) is 74.3 cm³/mol. The number of rotatable bonds is 4. The fraction of sp³-hybridized carbons (Fsp3) is 0.625. The van der Waals surface area contributed by atoms with Crippen molar-refractivity contribution < 1.29 is 17.6 Å². The Bertz CT molecular complexity index is 458. The first-order chi connectivity index (χ1) is 9.91. The lowest BCUT2D eigenvalue weighted by Crippen LogP contribution is -2.35. The largest absolute Gasteiger partial charge is 0.391 e. The Kier molecular flexibility index (Phi) is 5.25. The zero-order valence-electron chi connectivity index (χ0n) is 12.1. The molecule has 1 fully saturated rings. The molecule has 5 heteroatoms.